The first-order chi connectivity index (χ1) is 9.81. The van der Waals surface area contributed by atoms with Crippen molar-refractivity contribution in [1.82, 2.24) is 14.9 Å². The minimum atomic E-state index is 0.0847. The first-order valence-electron chi connectivity index (χ1n) is 7.71. The van der Waals surface area contributed by atoms with E-state index >= 15 is 0 Å². The number of aromatic nitrogens is 2. The molecule has 1 aromatic rings. The number of likely N-dealkylation sites (tertiary alicyclic amines) is 1. The maximum absolute atomic E-state index is 6.16. The third-order valence-electron chi connectivity index (χ3n) is 4.72. The highest BCUT2D eigenvalue weighted by molar-refractivity contribution is 5.25. The Morgan fingerprint density at radius 1 is 1.35 bits per heavy atom. The molecule has 1 saturated carbocycles. The molecule has 3 heterocycles. The Kier molecular flexibility index (Phi) is 3.11. The van der Waals surface area contributed by atoms with Crippen LogP contribution in [0.2, 0.25) is 0 Å². The summed E-state index contributed by atoms with van der Waals surface area (Å²) in [4.78, 5) is 11.1. The zero-order valence-corrected chi connectivity index (χ0v) is 11.8. The number of rotatable bonds is 4. The fourth-order valence-electron chi connectivity index (χ4n) is 3.53. The van der Waals surface area contributed by atoms with Gasteiger partial charge in [0, 0.05) is 38.4 Å². The number of ether oxygens (including phenoxy) is 1. The van der Waals surface area contributed by atoms with E-state index in [1.165, 1.54) is 32.4 Å². The summed E-state index contributed by atoms with van der Waals surface area (Å²) in [5.74, 6) is 1.68. The van der Waals surface area contributed by atoms with Crippen LogP contribution in [0.1, 0.15) is 25.7 Å². The van der Waals surface area contributed by atoms with Crippen molar-refractivity contribution in [3.63, 3.8) is 0 Å². The Labute approximate surface area is 119 Å². The highest BCUT2D eigenvalue weighted by Crippen LogP contribution is 2.38. The third-order valence-corrected chi connectivity index (χ3v) is 4.72. The number of hydrogen-bond acceptors (Lipinski definition) is 5. The van der Waals surface area contributed by atoms with Crippen LogP contribution < -0.4 is 5.32 Å². The van der Waals surface area contributed by atoms with Crippen molar-refractivity contribution in [2.75, 3.05) is 31.6 Å². The predicted molar refractivity (Wildman–Crippen MR) is 76.5 cm³/mol. The number of hydrogen-bond donors (Lipinski definition) is 1. The first kappa shape index (κ1) is 12.5. The van der Waals surface area contributed by atoms with Crippen molar-refractivity contribution < 1.29 is 4.74 Å². The van der Waals surface area contributed by atoms with Crippen LogP contribution >= 0.6 is 0 Å². The van der Waals surface area contributed by atoms with Gasteiger partial charge in [0.25, 0.3) is 0 Å². The van der Waals surface area contributed by atoms with Crippen molar-refractivity contribution >= 4 is 5.95 Å². The van der Waals surface area contributed by atoms with Gasteiger partial charge in [-0.15, -0.1) is 0 Å². The van der Waals surface area contributed by atoms with Gasteiger partial charge < -0.3 is 15.0 Å². The summed E-state index contributed by atoms with van der Waals surface area (Å²) in [6, 6.07) is 2.18. The summed E-state index contributed by atoms with van der Waals surface area (Å²) in [5, 5.41) is 3.39. The molecule has 3 aliphatic rings. The van der Waals surface area contributed by atoms with Crippen LogP contribution in [0, 0.1) is 5.92 Å². The van der Waals surface area contributed by atoms with Crippen molar-refractivity contribution in [2.45, 2.75) is 37.3 Å². The Bertz CT molecular complexity index is 464. The lowest BCUT2D eigenvalue weighted by atomic mass is 9.97. The molecule has 20 heavy (non-hydrogen) atoms. The van der Waals surface area contributed by atoms with Crippen molar-refractivity contribution in [2.24, 2.45) is 5.92 Å². The molecule has 5 heteroatoms. The van der Waals surface area contributed by atoms with E-state index in [1.807, 2.05) is 6.07 Å². The lowest BCUT2D eigenvalue weighted by Gasteiger charge is -2.23. The van der Waals surface area contributed by atoms with Crippen LogP contribution in [-0.2, 0) is 4.74 Å². The van der Waals surface area contributed by atoms with E-state index in [-0.39, 0.29) is 5.60 Å². The molecule has 0 amide bonds. The molecular formula is C15H22N4O. The molecule has 0 radical (unpaired) electrons. The molecule has 3 fully saturated rings. The van der Waals surface area contributed by atoms with E-state index in [2.05, 4.69) is 20.2 Å². The average molecular weight is 274 g/mol. The summed E-state index contributed by atoms with van der Waals surface area (Å²) < 4.78 is 6.16. The molecule has 0 bridgehead atoms. The lowest BCUT2D eigenvalue weighted by Crippen LogP contribution is -2.34. The molecule has 1 spiro atoms. The summed E-state index contributed by atoms with van der Waals surface area (Å²) in [7, 11) is 0. The standard InChI is InChI=1S/C15H22N4O/c1-5-16-14(17-6-1)18-13-8-15(20-10-13)4-7-19(11-15)9-12-2-3-12/h1,5-6,12-13H,2-4,7-11H2,(H,16,17,18)/t13-,15+/m0/s1. The van der Waals surface area contributed by atoms with Gasteiger partial charge in [-0.1, -0.05) is 0 Å². The number of nitrogens with one attached hydrogen (secondary N) is 1. The van der Waals surface area contributed by atoms with Gasteiger partial charge >= 0.3 is 0 Å². The molecule has 5 nitrogen and oxygen atoms in total. The molecule has 4 rings (SSSR count). The predicted octanol–water partition coefficient (Wildman–Crippen LogP) is 1.53. The second kappa shape index (κ2) is 4.97. The van der Waals surface area contributed by atoms with Gasteiger partial charge in [-0.3, -0.25) is 0 Å². The van der Waals surface area contributed by atoms with Crippen LogP contribution in [0.15, 0.2) is 18.5 Å². The van der Waals surface area contributed by atoms with E-state index in [9.17, 15) is 0 Å². The smallest absolute Gasteiger partial charge is 0.222 e. The normalized spacial score (nSPS) is 33.9. The topological polar surface area (TPSA) is 50.3 Å². The maximum atomic E-state index is 6.16. The quantitative estimate of drug-likeness (QED) is 0.902. The monoisotopic (exact) mass is 274 g/mol. The van der Waals surface area contributed by atoms with Crippen molar-refractivity contribution in [3.05, 3.63) is 18.5 Å². The first-order valence-corrected chi connectivity index (χ1v) is 7.71. The van der Waals surface area contributed by atoms with Crippen LogP contribution in [0.5, 0.6) is 0 Å². The molecule has 2 aliphatic heterocycles. The molecule has 1 aromatic heterocycles. The SMILES string of the molecule is c1cnc(N[C@@H]2CO[C@]3(CCN(CC4CC4)C3)C2)nc1. The fraction of sp³-hybridized carbons (Fsp3) is 0.733. The van der Waals surface area contributed by atoms with E-state index in [1.54, 1.807) is 12.4 Å². The Balaban J connectivity index is 1.33. The largest absolute Gasteiger partial charge is 0.371 e. The second-order valence-electron chi connectivity index (χ2n) is 6.54. The minimum Gasteiger partial charge on any atom is -0.371 e. The number of nitrogens with zero attached hydrogens (tertiary/aromatic N) is 3. The van der Waals surface area contributed by atoms with Gasteiger partial charge in [-0.2, -0.15) is 0 Å². The van der Waals surface area contributed by atoms with Gasteiger partial charge in [-0.05, 0) is 31.2 Å². The molecule has 1 N–H and O–H groups in total. The van der Waals surface area contributed by atoms with E-state index in [0.717, 1.165) is 25.5 Å². The Morgan fingerprint density at radius 3 is 3.00 bits per heavy atom. The van der Waals surface area contributed by atoms with E-state index in [4.69, 9.17) is 4.74 Å². The zero-order chi connectivity index (χ0) is 13.4. The molecule has 0 unspecified atom stereocenters. The highest BCUT2D eigenvalue weighted by atomic mass is 16.5. The molecule has 1 aliphatic carbocycles. The summed E-state index contributed by atoms with van der Waals surface area (Å²) in [5.41, 5.74) is 0.0847. The third kappa shape index (κ3) is 2.65. The summed E-state index contributed by atoms with van der Waals surface area (Å²) in [6.07, 6.45) is 8.65. The van der Waals surface area contributed by atoms with Gasteiger partial charge in [0.1, 0.15) is 0 Å². The van der Waals surface area contributed by atoms with Gasteiger partial charge in [0.05, 0.1) is 18.2 Å². The molecule has 0 aromatic carbocycles. The summed E-state index contributed by atoms with van der Waals surface area (Å²) >= 11 is 0. The van der Waals surface area contributed by atoms with Gasteiger partial charge in [-0.25, -0.2) is 9.97 Å². The maximum Gasteiger partial charge on any atom is 0.222 e. The van der Waals surface area contributed by atoms with Crippen molar-refractivity contribution in [3.8, 4) is 0 Å². The Hall–Kier alpha value is -1.20. The highest BCUT2D eigenvalue weighted by Gasteiger charge is 2.46. The molecule has 2 saturated heterocycles. The minimum absolute atomic E-state index is 0.0847. The van der Waals surface area contributed by atoms with E-state index in [0.29, 0.717) is 12.0 Å². The second-order valence-corrected chi connectivity index (χ2v) is 6.54. The zero-order valence-electron chi connectivity index (χ0n) is 11.8. The van der Waals surface area contributed by atoms with Crippen molar-refractivity contribution in [1.29, 1.82) is 0 Å². The molecule has 2 atom stereocenters. The fourth-order valence-corrected chi connectivity index (χ4v) is 3.53. The van der Waals surface area contributed by atoms with Crippen LogP contribution in [0.4, 0.5) is 5.95 Å². The van der Waals surface area contributed by atoms with Crippen LogP contribution in [-0.4, -0.2) is 52.8 Å². The van der Waals surface area contributed by atoms with Gasteiger partial charge in [0.2, 0.25) is 5.95 Å². The average Bonchev–Trinajstić information content (AvgIpc) is 3.07. The summed E-state index contributed by atoms with van der Waals surface area (Å²) in [6.45, 7) is 4.36. The van der Waals surface area contributed by atoms with Gasteiger partial charge in [0.15, 0.2) is 0 Å². The van der Waals surface area contributed by atoms with Crippen LogP contribution in [0.3, 0.4) is 0 Å². The molecule has 108 valence electrons. The lowest BCUT2D eigenvalue weighted by molar-refractivity contribution is 0.0123. The Morgan fingerprint density at radius 2 is 2.20 bits per heavy atom. The van der Waals surface area contributed by atoms with Crippen LogP contribution in [0.25, 0.3) is 0 Å². The van der Waals surface area contributed by atoms with E-state index < -0.39 is 0 Å². The molecular weight excluding hydrogens is 252 g/mol. The number of anilines is 1.